The van der Waals surface area contributed by atoms with Gasteiger partial charge in [-0.25, -0.2) is 4.98 Å². The molecule has 0 amide bonds. The SMILES string of the molecule is COc1ccccc1-c1cc(CSc2ncc(-c3ccccc3)n2CC2CCCO2)on1. The van der Waals surface area contributed by atoms with Crippen LogP contribution in [0.25, 0.3) is 22.5 Å². The molecule has 0 N–H and O–H groups in total. The van der Waals surface area contributed by atoms with Gasteiger partial charge in [0, 0.05) is 18.2 Å². The molecule has 7 heteroatoms. The van der Waals surface area contributed by atoms with Crippen LogP contribution in [-0.4, -0.2) is 34.5 Å². The minimum Gasteiger partial charge on any atom is -0.496 e. The quantitative estimate of drug-likeness (QED) is 0.324. The average molecular weight is 448 g/mol. The van der Waals surface area contributed by atoms with E-state index < -0.39 is 0 Å². The Morgan fingerprint density at radius 3 is 2.78 bits per heavy atom. The second kappa shape index (κ2) is 9.63. The Hall–Kier alpha value is -3.03. The second-order valence-electron chi connectivity index (χ2n) is 7.71. The molecule has 1 saturated heterocycles. The highest BCUT2D eigenvalue weighted by Crippen LogP contribution is 2.32. The number of methoxy groups -OCH3 is 1. The van der Waals surface area contributed by atoms with Crippen LogP contribution in [-0.2, 0) is 17.0 Å². The highest BCUT2D eigenvalue weighted by Gasteiger charge is 2.21. The van der Waals surface area contributed by atoms with Crippen molar-refractivity contribution in [2.45, 2.75) is 36.4 Å². The lowest BCUT2D eigenvalue weighted by Crippen LogP contribution is -2.16. The summed E-state index contributed by atoms with van der Waals surface area (Å²) in [6.45, 7) is 1.64. The van der Waals surface area contributed by atoms with Gasteiger partial charge in [-0.3, -0.25) is 0 Å². The van der Waals surface area contributed by atoms with Crippen molar-refractivity contribution in [2.24, 2.45) is 0 Å². The van der Waals surface area contributed by atoms with Gasteiger partial charge in [0.2, 0.25) is 0 Å². The summed E-state index contributed by atoms with van der Waals surface area (Å²) in [6, 6.07) is 20.2. The number of ether oxygens (including phenoxy) is 2. The van der Waals surface area contributed by atoms with Crippen LogP contribution >= 0.6 is 11.8 Å². The molecular weight excluding hydrogens is 422 g/mol. The van der Waals surface area contributed by atoms with Gasteiger partial charge in [-0.1, -0.05) is 59.4 Å². The number of thioether (sulfide) groups is 1. The van der Waals surface area contributed by atoms with Crippen LogP contribution in [0.3, 0.4) is 0 Å². The molecule has 164 valence electrons. The van der Waals surface area contributed by atoms with E-state index in [1.807, 2.05) is 42.6 Å². The third-order valence-electron chi connectivity index (χ3n) is 5.58. The number of benzene rings is 2. The summed E-state index contributed by atoms with van der Waals surface area (Å²) in [5.74, 6) is 2.21. The fraction of sp³-hybridized carbons (Fsp3) is 0.280. The summed E-state index contributed by atoms with van der Waals surface area (Å²) in [4.78, 5) is 4.73. The Labute approximate surface area is 191 Å². The predicted molar refractivity (Wildman–Crippen MR) is 125 cm³/mol. The van der Waals surface area contributed by atoms with E-state index in [0.29, 0.717) is 5.75 Å². The van der Waals surface area contributed by atoms with Crippen LogP contribution in [0, 0.1) is 0 Å². The Morgan fingerprint density at radius 1 is 1.12 bits per heavy atom. The van der Waals surface area contributed by atoms with Crippen LogP contribution in [0.1, 0.15) is 18.6 Å². The van der Waals surface area contributed by atoms with Crippen LogP contribution in [0.4, 0.5) is 0 Å². The van der Waals surface area contributed by atoms with E-state index >= 15 is 0 Å². The molecule has 0 spiro atoms. The summed E-state index contributed by atoms with van der Waals surface area (Å²) >= 11 is 1.65. The Kier molecular flexibility index (Phi) is 6.27. The van der Waals surface area contributed by atoms with E-state index in [4.69, 9.17) is 19.0 Å². The van der Waals surface area contributed by atoms with Crippen LogP contribution in [0.5, 0.6) is 5.75 Å². The molecule has 32 heavy (non-hydrogen) atoms. The molecule has 2 aromatic carbocycles. The minimum atomic E-state index is 0.230. The monoisotopic (exact) mass is 447 g/mol. The van der Waals surface area contributed by atoms with Gasteiger partial charge in [0.15, 0.2) is 5.16 Å². The molecule has 1 aliphatic heterocycles. The van der Waals surface area contributed by atoms with E-state index in [2.05, 4.69) is 34.0 Å². The van der Waals surface area contributed by atoms with Gasteiger partial charge in [0.05, 0.1) is 37.4 Å². The molecule has 0 saturated carbocycles. The van der Waals surface area contributed by atoms with Gasteiger partial charge in [-0.15, -0.1) is 0 Å². The fourth-order valence-electron chi connectivity index (χ4n) is 3.98. The highest BCUT2D eigenvalue weighted by atomic mass is 32.2. The molecule has 3 heterocycles. The molecule has 1 aliphatic rings. The maximum absolute atomic E-state index is 5.91. The first-order chi connectivity index (χ1) is 15.8. The lowest BCUT2D eigenvalue weighted by molar-refractivity contribution is 0.0954. The van der Waals surface area contributed by atoms with E-state index in [0.717, 1.165) is 65.2 Å². The van der Waals surface area contributed by atoms with Gasteiger partial charge in [-0.05, 0) is 30.5 Å². The van der Waals surface area contributed by atoms with Crippen molar-refractivity contribution in [1.29, 1.82) is 0 Å². The maximum Gasteiger partial charge on any atom is 0.168 e. The number of nitrogens with zero attached hydrogens (tertiary/aromatic N) is 3. The topological polar surface area (TPSA) is 62.3 Å². The molecule has 5 rings (SSSR count). The summed E-state index contributed by atoms with van der Waals surface area (Å²) in [7, 11) is 1.66. The molecule has 2 aromatic heterocycles. The molecule has 1 unspecified atom stereocenters. The Bertz CT molecular complexity index is 1170. The van der Waals surface area contributed by atoms with Gasteiger partial charge in [0.1, 0.15) is 17.2 Å². The number of hydrogen-bond donors (Lipinski definition) is 0. The average Bonchev–Trinajstić information content (AvgIpc) is 3.60. The fourth-order valence-corrected chi connectivity index (χ4v) is 4.84. The number of aromatic nitrogens is 3. The second-order valence-corrected chi connectivity index (χ2v) is 8.65. The normalized spacial score (nSPS) is 15.8. The standard InChI is InChI=1S/C25H25N3O3S/c1-29-24-12-6-5-11-21(24)22-14-20(31-27-22)17-32-25-26-15-23(18-8-3-2-4-9-18)28(25)16-19-10-7-13-30-19/h2-6,8-9,11-12,14-15,19H,7,10,13,16-17H2,1H3. The largest absolute Gasteiger partial charge is 0.496 e. The number of rotatable bonds is 8. The first kappa shape index (κ1) is 20.8. The Balaban J connectivity index is 1.36. The zero-order valence-electron chi connectivity index (χ0n) is 17.9. The number of hydrogen-bond acceptors (Lipinski definition) is 6. The van der Waals surface area contributed by atoms with E-state index in [-0.39, 0.29) is 6.10 Å². The van der Waals surface area contributed by atoms with Crippen molar-refractivity contribution >= 4 is 11.8 Å². The van der Waals surface area contributed by atoms with E-state index in [1.165, 1.54) is 0 Å². The molecule has 0 aliphatic carbocycles. The summed E-state index contributed by atoms with van der Waals surface area (Å²) < 4.78 is 19.2. The molecule has 6 nitrogen and oxygen atoms in total. The molecule has 0 bridgehead atoms. The van der Waals surface area contributed by atoms with E-state index in [9.17, 15) is 0 Å². The van der Waals surface area contributed by atoms with Crippen molar-refractivity contribution in [3.8, 4) is 28.3 Å². The number of para-hydroxylation sites is 1. The summed E-state index contributed by atoms with van der Waals surface area (Å²) in [5.41, 5.74) is 3.95. The zero-order valence-corrected chi connectivity index (χ0v) is 18.8. The van der Waals surface area contributed by atoms with Crippen LogP contribution < -0.4 is 4.74 Å². The van der Waals surface area contributed by atoms with Crippen molar-refractivity contribution in [2.75, 3.05) is 13.7 Å². The molecule has 1 atom stereocenters. The van der Waals surface area contributed by atoms with Crippen molar-refractivity contribution in [3.05, 3.63) is 72.6 Å². The molecule has 1 fully saturated rings. The highest BCUT2D eigenvalue weighted by molar-refractivity contribution is 7.98. The Morgan fingerprint density at radius 2 is 1.97 bits per heavy atom. The summed E-state index contributed by atoms with van der Waals surface area (Å²) in [6.07, 6.45) is 4.38. The molecule has 4 aromatic rings. The molecule has 0 radical (unpaired) electrons. The predicted octanol–water partition coefficient (Wildman–Crippen LogP) is 5.69. The van der Waals surface area contributed by atoms with Crippen LogP contribution in [0.2, 0.25) is 0 Å². The lowest BCUT2D eigenvalue weighted by Gasteiger charge is -2.16. The van der Waals surface area contributed by atoms with Crippen LogP contribution in [0.15, 0.2) is 76.5 Å². The lowest BCUT2D eigenvalue weighted by atomic mass is 10.1. The minimum absolute atomic E-state index is 0.230. The first-order valence-electron chi connectivity index (χ1n) is 10.8. The smallest absolute Gasteiger partial charge is 0.168 e. The zero-order chi connectivity index (χ0) is 21.8. The van der Waals surface area contributed by atoms with Crippen molar-refractivity contribution in [3.63, 3.8) is 0 Å². The first-order valence-corrected chi connectivity index (χ1v) is 11.7. The van der Waals surface area contributed by atoms with Gasteiger partial charge in [-0.2, -0.15) is 0 Å². The molecular formula is C25H25N3O3S. The maximum atomic E-state index is 5.91. The van der Waals surface area contributed by atoms with Gasteiger partial charge in [0.25, 0.3) is 0 Å². The number of imidazole rings is 1. The van der Waals surface area contributed by atoms with E-state index in [1.54, 1.807) is 18.9 Å². The van der Waals surface area contributed by atoms with Gasteiger partial charge < -0.3 is 18.6 Å². The van der Waals surface area contributed by atoms with Crippen molar-refractivity contribution in [1.82, 2.24) is 14.7 Å². The third-order valence-corrected chi connectivity index (χ3v) is 6.60. The summed E-state index contributed by atoms with van der Waals surface area (Å²) in [5, 5.41) is 5.20. The van der Waals surface area contributed by atoms with Crippen molar-refractivity contribution < 1.29 is 14.0 Å². The van der Waals surface area contributed by atoms with Gasteiger partial charge >= 0.3 is 0 Å². The third kappa shape index (κ3) is 4.45.